The van der Waals surface area contributed by atoms with E-state index in [2.05, 4.69) is 62.3 Å². The number of nitrogens with one attached hydrogen (secondary N) is 1. The molecule has 2 saturated carbocycles. The van der Waals surface area contributed by atoms with Gasteiger partial charge in [0.1, 0.15) is 12.9 Å². The fourth-order valence-electron chi connectivity index (χ4n) is 7.20. The van der Waals surface area contributed by atoms with Gasteiger partial charge in [-0.2, -0.15) is 0 Å². The molecule has 4 rings (SSSR count). The van der Waals surface area contributed by atoms with Crippen LogP contribution < -0.4 is 15.5 Å². The second kappa shape index (κ2) is 8.23. The van der Waals surface area contributed by atoms with Gasteiger partial charge in [0.15, 0.2) is 12.5 Å². The van der Waals surface area contributed by atoms with E-state index < -0.39 is 0 Å². The average molecular weight is 425 g/mol. The molecule has 1 aliphatic heterocycles. The van der Waals surface area contributed by atoms with Crippen molar-refractivity contribution in [2.24, 2.45) is 22.7 Å². The Kier molecular flexibility index (Phi) is 5.93. The van der Waals surface area contributed by atoms with E-state index in [9.17, 15) is 0 Å². The van der Waals surface area contributed by atoms with Gasteiger partial charge in [0.05, 0.1) is 0 Å². The molecule has 5 nitrogen and oxygen atoms in total. The maximum atomic E-state index is 6.17. The van der Waals surface area contributed by atoms with Crippen LogP contribution in [0.25, 0.3) is 0 Å². The van der Waals surface area contributed by atoms with Crippen LogP contribution in [0.15, 0.2) is 30.1 Å². The summed E-state index contributed by atoms with van der Waals surface area (Å²) in [6.45, 7) is 16.3. The van der Waals surface area contributed by atoms with Crippen LogP contribution in [-0.4, -0.2) is 30.2 Å². The largest absolute Gasteiger partial charge is 0.379 e. The van der Waals surface area contributed by atoms with E-state index in [1.54, 1.807) is 6.33 Å². The van der Waals surface area contributed by atoms with Crippen molar-refractivity contribution in [3.05, 3.63) is 30.1 Å². The van der Waals surface area contributed by atoms with Gasteiger partial charge in [-0.1, -0.05) is 44.9 Å². The van der Waals surface area contributed by atoms with Crippen LogP contribution >= 0.6 is 0 Å². The quantitative estimate of drug-likeness (QED) is 0.683. The topological polar surface area (TPSA) is 59.5 Å². The van der Waals surface area contributed by atoms with Gasteiger partial charge in [0.2, 0.25) is 11.5 Å². The van der Waals surface area contributed by atoms with E-state index in [1.807, 2.05) is 0 Å². The number of nitrogen functional groups attached to an aromatic ring is 1. The monoisotopic (exact) mass is 424 g/mol. The van der Waals surface area contributed by atoms with Gasteiger partial charge in [-0.3, -0.25) is 4.90 Å². The Morgan fingerprint density at radius 1 is 1.32 bits per heavy atom. The second-order valence-electron chi connectivity index (χ2n) is 11.4. The fourth-order valence-corrected chi connectivity index (χ4v) is 7.20. The van der Waals surface area contributed by atoms with Crippen LogP contribution in [0.2, 0.25) is 0 Å². The van der Waals surface area contributed by atoms with Gasteiger partial charge in [0, 0.05) is 7.05 Å². The zero-order valence-electron chi connectivity index (χ0n) is 20.3. The van der Waals surface area contributed by atoms with Crippen molar-refractivity contribution in [3.63, 3.8) is 0 Å². The van der Waals surface area contributed by atoms with E-state index in [1.165, 1.54) is 54.6 Å². The summed E-state index contributed by atoms with van der Waals surface area (Å²) < 4.78 is 0. The lowest BCUT2D eigenvalue weighted by Crippen LogP contribution is -3.06. The first-order chi connectivity index (χ1) is 14.6. The predicted octanol–water partition coefficient (Wildman–Crippen LogP) is 4.51. The molecule has 2 aliphatic carbocycles. The minimum atomic E-state index is 0.422. The van der Waals surface area contributed by atoms with Crippen molar-refractivity contribution in [2.75, 3.05) is 30.9 Å². The van der Waals surface area contributed by atoms with E-state index in [0.717, 1.165) is 37.1 Å². The summed E-state index contributed by atoms with van der Waals surface area (Å²) in [7, 11) is 2.08. The standard InChI is InChI=1S/C26H41N5/c1-18(12-15-31-17-30(6)24-22(31)23(27)28-16-29-24)8-10-20-19(2)9-11-21-25(3,4)13-7-14-26(20,21)5/h12,16,20-21H,2,7-11,13-15,17H2,1,3-6H3,(H2,27,28,29)/p+1/b18-12+/t20-,21-,26+/m0/s1. The van der Waals surface area contributed by atoms with Gasteiger partial charge in [-0.15, -0.1) is 0 Å². The van der Waals surface area contributed by atoms with Crippen LogP contribution in [0.4, 0.5) is 17.3 Å². The SMILES string of the molecule is C=C1CC[C@H]2C(C)(C)CCC[C@]2(C)[C@H]1CC/C(C)=C/C[NH+]1CN(C)c2ncnc(N)c21. The van der Waals surface area contributed by atoms with Crippen LogP contribution in [0.3, 0.4) is 0 Å². The van der Waals surface area contributed by atoms with E-state index in [4.69, 9.17) is 5.73 Å². The molecule has 170 valence electrons. The van der Waals surface area contributed by atoms with Crippen LogP contribution in [-0.2, 0) is 0 Å². The average Bonchev–Trinajstić information content (AvgIpc) is 3.02. The zero-order valence-corrected chi connectivity index (χ0v) is 20.3. The van der Waals surface area contributed by atoms with Gasteiger partial charge < -0.3 is 10.6 Å². The minimum absolute atomic E-state index is 0.422. The van der Waals surface area contributed by atoms with Crippen molar-refractivity contribution < 1.29 is 4.90 Å². The molecule has 0 spiro atoms. The van der Waals surface area contributed by atoms with Crippen molar-refractivity contribution in [1.82, 2.24) is 9.97 Å². The molecule has 1 aromatic heterocycles. The molecular weight excluding hydrogens is 382 g/mol. The first-order valence-electron chi connectivity index (χ1n) is 12.1. The van der Waals surface area contributed by atoms with Crippen molar-refractivity contribution >= 4 is 17.3 Å². The predicted molar refractivity (Wildman–Crippen MR) is 129 cm³/mol. The Balaban J connectivity index is 1.42. The van der Waals surface area contributed by atoms with Crippen LogP contribution in [0.1, 0.15) is 72.6 Å². The van der Waals surface area contributed by atoms with E-state index >= 15 is 0 Å². The first kappa shape index (κ1) is 22.3. The number of aromatic nitrogens is 2. The fraction of sp³-hybridized carbons (Fsp3) is 0.692. The lowest BCUT2D eigenvalue weighted by Gasteiger charge is -2.58. The normalized spacial score (nSPS) is 32.7. The van der Waals surface area contributed by atoms with E-state index in [-0.39, 0.29) is 0 Å². The number of allylic oxidation sites excluding steroid dienone is 2. The number of anilines is 2. The number of hydrogen-bond acceptors (Lipinski definition) is 4. The summed E-state index contributed by atoms with van der Waals surface area (Å²) >= 11 is 0. The summed E-state index contributed by atoms with van der Waals surface area (Å²) in [5.74, 6) is 3.06. The smallest absolute Gasteiger partial charge is 0.218 e. The number of rotatable bonds is 5. The van der Waals surface area contributed by atoms with Gasteiger partial charge in [-0.25, -0.2) is 9.97 Å². The number of quaternary nitrogens is 1. The number of fused-ring (bicyclic) bond motifs is 2. The zero-order chi connectivity index (χ0) is 22.4. The second-order valence-corrected chi connectivity index (χ2v) is 11.4. The summed E-state index contributed by atoms with van der Waals surface area (Å²) in [5.41, 5.74) is 11.1. The molecule has 4 atom stereocenters. The number of hydrogen-bond donors (Lipinski definition) is 2. The summed E-state index contributed by atoms with van der Waals surface area (Å²) in [6, 6.07) is 0. The molecule has 2 fully saturated rings. The highest BCUT2D eigenvalue weighted by atomic mass is 15.4. The Hall–Kier alpha value is -1.88. The van der Waals surface area contributed by atoms with Crippen molar-refractivity contribution in [2.45, 2.75) is 72.6 Å². The molecule has 1 aromatic rings. The Labute approximate surface area is 188 Å². The van der Waals surface area contributed by atoms with Gasteiger partial charge >= 0.3 is 0 Å². The highest BCUT2D eigenvalue weighted by Gasteiger charge is 2.52. The third-order valence-corrected chi connectivity index (χ3v) is 8.84. The lowest BCUT2D eigenvalue weighted by atomic mass is 9.47. The van der Waals surface area contributed by atoms with Crippen molar-refractivity contribution in [3.8, 4) is 0 Å². The third kappa shape index (κ3) is 4.02. The van der Waals surface area contributed by atoms with Crippen LogP contribution in [0, 0.1) is 22.7 Å². The first-order valence-corrected chi connectivity index (χ1v) is 12.1. The molecule has 3 N–H and O–H groups in total. The van der Waals surface area contributed by atoms with Gasteiger partial charge in [0.25, 0.3) is 0 Å². The molecular formula is C26H42N5+. The highest BCUT2D eigenvalue weighted by Crippen LogP contribution is 2.61. The summed E-state index contributed by atoms with van der Waals surface area (Å²) in [4.78, 5) is 12.1. The third-order valence-electron chi connectivity index (χ3n) is 8.84. The van der Waals surface area contributed by atoms with Gasteiger partial charge in [-0.05, 0) is 74.2 Å². The molecule has 0 radical (unpaired) electrons. The molecule has 2 heterocycles. The molecule has 0 saturated heterocycles. The van der Waals surface area contributed by atoms with Crippen molar-refractivity contribution in [1.29, 1.82) is 0 Å². The maximum Gasteiger partial charge on any atom is 0.218 e. The molecule has 31 heavy (non-hydrogen) atoms. The number of nitrogens with two attached hydrogens (primary N) is 1. The molecule has 5 heteroatoms. The maximum absolute atomic E-state index is 6.17. The molecule has 1 unspecified atom stereocenters. The highest BCUT2D eigenvalue weighted by molar-refractivity contribution is 5.69. The summed E-state index contributed by atoms with van der Waals surface area (Å²) in [5, 5.41) is 0. The van der Waals surface area contributed by atoms with Crippen LogP contribution in [0.5, 0.6) is 0 Å². The Morgan fingerprint density at radius 3 is 2.87 bits per heavy atom. The Morgan fingerprint density at radius 2 is 2.10 bits per heavy atom. The minimum Gasteiger partial charge on any atom is -0.379 e. The molecule has 0 aromatic carbocycles. The lowest BCUT2D eigenvalue weighted by molar-refractivity contribution is -0.818. The number of nitrogens with zero attached hydrogens (tertiary/aromatic N) is 3. The molecule has 0 amide bonds. The Bertz CT molecular complexity index is 873. The summed E-state index contributed by atoms with van der Waals surface area (Å²) in [6.07, 6.45) is 13.0. The molecule has 0 bridgehead atoms. The molecule has 3 aliphatic rings. The van der Waals surface area contributed by atoms with E-state index in [0.29, 0.717) is 22.6 Å².